The molecule has 0 unspecified atom stereocenters. The van der Waals surface area contributed by atoms with E-state index in [1.165, 1.54) is 16.7 Å². The van der Waals surface area contributed by atoms with Crippen LogP contribution < -0.4 is 0 Å². The molecule has 0 N–H and O–H groups in total. The maximum absolute atomic E-state index is 5.59. The smallest absolute Gasteiger partial charge is 0.112 e. The minimum absolute atomic E-state index is 0.632. The molecule has 0 aromatic heterocycles. The van der Waals surface area contributed by atoms with E-state index < -0.39 is 0 Å². The third-order valence-electron chi connectivity index (χ3n) is 2.70. The molecule has 0 aliphatic heterocycles. The van der Waals surface area contributed by atoms with Crippen molar-refractivity contribution >= 4 is 0 Å². The van der Waals surface area contributed by atoms with Gasteiger partial charge in [0.25, 0.3) is 0 Å². The van der Waals surface area contributed by atoms with E-state index in [1.54, 1.807) is 0 Å². The highest BCUT2D eigenvalue weighted by Crippen LogP contribution is 2.08. The second-order valence-corrected chi connectivity index (χ2v) is 4.42. The van der Waals surface area contributed by atoms with Crippen LogP contribution in [0.25, 0.3) is 0 Å². The average Bonchev–Trinajstić information content (AvgIpc) is 2.41. The number of hydrogen-bond donors (Lipinski definition) is 0. The Morgan fingerprint density at radius 2 is 1.44 bits per heavy atom. The Labute approximate surface area is 109 Å². The van der Waals surface area contributed by atoms with Gasteiger partial charge in [-0.05, 0) is 30.0 Å². The van der Waals surface area contributed by atoms with E-state index in [0.717, 1.165) is 6.42 Å². The molecule has 0 aliphatic carbocycles. The number of rotatable bonds is 5. The van der Waals surface area contributed by atoms with Crippen LogP contribution in [-0.4, -0.2) is 0 Å². The van der Waals surface area contributed by atoms with Crippen LogP contribution in [0.3, 0.4) is 0 Å². The molecule has 2 rings (SSSR count). The first-order chi connectivity index (χ1) is 8.84. The molecule has 0 amide bonds. The Morgan fingerprint density at radius 3 is 2.06 bits per heavy atom. The van der Waals surface area contributed by atoms with Crippen LogP contribution in [0.2, 0.25) is 0 Å². The Morgan fingerprint density at radius 1 is 0.889 bits per heavy atom. The predicted molar refractivity (Wildman–Crippen MR) is 75.1 cm³/mol. The highest BCUT2D eigenvalue weighted by Gasteiger charge is 1.94. The highest BCUT2D eigenvalue weighted by molar-refractivity contribution is 5.20. The number of allylic oxidation sites excluding steroid dienone is 1. The summed E-state index contributed by atoms with van der Waals surface area (Å²) >= 11 is 0. The molecule has 1 heteroatoms. The van der Waals surface area contributed by atoms with Gasteiger partial charge in [-0.1, -0.05) is 60.7 Å². The topological polar surface area (TPSA) is 9.23 Å². The Hall–Kier alpha value is -2.02. The fraction of sp³-hybridized carbons (Fsp3) is 0.176. The largest absolute Gasteiger partial charge is 0.497 e. The maximum Gasteiger partial charge on any atom is 0.112 e. The molecule has 1 nitrogen and oxygen atoms in total. The van der Waals surface area contributed by atoms with Gasteiger partial charge in [-0.25, -0.2) is 0 Å². The third-order valence-corrected chi connectivity index (χ3v) is 2.70. The van der Waals surface area contributed by atoms with E-state index >= 15 is 0 Å². The number of benzene rings is 2. The first-order valence-electron chi connectivity index (χ1n) is 6.20. The normalized spacial score (nSPS) is 11.3. The molecule has 0 aliphatic rings. The molecular weight excluding hydrogens is 220 g/mol. The Bertz CT molecular complexity index is 486. The van der Waals surface area contributed by atoms with Gasteiger partial charge in [0.2, 0.25) is 0 Å². The molecule has 0 bridgehead atoms. The van der Waals surface area contributed by atoms with Crippen LogP contribution in [-0.2, 0) is 17.8 Å². The molecule has 92 valence electrons. The van der Waals surface area contributed by atoms with Crippen LogP contribution in [0.4, 0.5) is 0 Å². The summed E-state index contributed by atoms with van der Waals surface area (Å²) in [6, 6.07) is 20.6. The molecule has 0 saturated carbocycles. The van der Waals surface area contributed by atoms with Gasteiger partial charge in [-0.2, -0.15) is 0 Å². The van der Waals surface area contributed by atoms with E-state index in [4.69, 9.17) is 4.74 Å². The second kappa shape index (κ2) is 6.65. The van der Waals surface area contributed by atoms with Crippen molar-refractivity contribution in [2.24, 2.45) is 0 Å². The molecule has 2 aromatic rings. The summed E-state index contributed by atoms with van der Waals surface area (Å²) in [5.74, 6) is 0. The number of hydrogen-bond acceptors (Lipinski definition) is 1. The van der Waals surface area contributed by atoms with Crippen LogP contribution in [0.5, 0.6) is 0 Å². The first kappa shape index (κ1) is 12.4. The first-order valence-corrected chi connectivity index (χ1v) is 6.20. The van der Waals surface area contributed by atoms with Gasteiger partial charge in [0.05, 0.1) is 6.26 Å². The fourth-order valence-corrected chi connectivity index (χ4v) is 1.81. The van der Waals surface area contributed by atoms with Gasteiger partial charge in [-0.15, -0.1) is 0 Å². The average molecular weight is 238 g/mol. The lowest BCUT2D eigenvalue weighted by Gasteiger charge is -2.04. The van der Waals surface area contributed by atoms with Crippen molar-refractivity contribution in [1.82, 2.24) is 0 Å². The van der Waals surface area contributed by atoms with Crippen LogP contribution in [0, 0.1) is 0 Å². The maximum atomic E-state index is 5.59. The van der Waals surface area contributed by atoms with Gasteiger partial charge < -0.3 is 4.74 Å². The van der Waals surface area contributed by atoms with E-state index in [2.05, 4.69) is 43.3 Å². The van der Waals surface area contributed by atoms with Crippen molar-refractivity contribution in [3.8, 4) is 0 Å². The monoisotopic (exact) mass is 238 g/mol. The minimum Gasteiger partial charge on any atom is -0.497 e. The molecule has 0 atom stereocenters. The quantitative estimate of drug-likeness (QED) is 0.704. The summed E-state index contributed by atoms with van der Waals surface area (Å²) < 4.78 is 5.59. The predicted octanol–water partition coefficient (Wildman–Crippen LogP) is 4.35. The summed E-state index contributed by atoms with van der Waals surface area (Å²) in [6.07, 6.45) is 2.80. The summed E-state index contributed by atoms with van der Waals surface area (Å²) in [5.41, 5.74) is 3.74. The van der Waals surface area contributed by atoms with Gasteiger partial charge in [0.15, 0.2) is 0 Å². The third kappa shape index (κ3) is 4.10. The van der Waals surface area contributed by atoms with Crippen molar-refractivity contribution in [3.05, 3.63) is 83.6 Å². The lowest BCUT2D eigenvalue weighted by atomic mass is 10.1. The highest BCUT2D eigenvalue weighted by atomic mass is 16.5. The Kier molecular flexibility index (Phi) is 4.60. The SMILES string of the molecule is C/C(=C/OCc1ccccc1)Cc1ccccc1. The molecule has 0 spiro atoms. The van der Waals surface area contributed by atoms with Gasteiger partial charge in [0, 0.05) is 0 Å². The van der Waals surface area contributed by atoms with Crippen LogP contribution >= 0.6 is 0 Å². The number of ether oxygens (including phenoxy) is 1. The van der Waals surface area contributed by atoms with E-state index in [-0.39, 0.29) is 0 Å². The van der Waals surface area contributed by atoms with Crippen LogP contribution in [0.1, 0.15) is 18.1 Å². The van der Waals surface area contributed by atoms with E-state index in [9.17, 15) is 0 Å². The lowest BCUT2D eigenvalue weighted by Crippen LogP contribution is -1.90. The van der Waals surface area contributed by atoms with Crippen molar-refractivity contribution in [1.29, 1.82) is 0 Å². The van der Waals surface area contributed by atoms with Gasteiger partial charge in [-0.3, -0.25) is 0 Å². The summed E-state index contributed by atoms with van der Waals surface area (Å²) in [5, 5.41) is 0. The second-order valence-electron chi connectivity index (χ2n) is 4.42. The minimum atomic E-state index is 0.632. The van der Waals surface area contributed by atoms with E-state index in [0.29, 0.717) is 6.61 Å². The fourth-order valence-electron chi connectivity index (χ4n) is 1.81. The zero-order valence-electron chi connectivity index (χ0n) is 10.7. The lowest BCUT2D eigenvalue weighted by molar-refractivity contribution is 0.233. The molecule has 0 saturated heterocycles. The zero-order chi connectivity index (χ0) is 12.6. The molecule has 0 fully saturated rings. The molecule has 0 radical (unpaired) electrons. The molecule has 0 heterocycles. The molecule has 18 heavy (non-hydrogen) atoms. The van der Waals surface area contributed by atoms with E-state index in [1.807, 2.05) is 30.5 Å². The Balaban J connectivity index is 1.83. The van der Waals surface area contributed by atoms with Crippen molar-refractivity contribution in [2.45, 2.75) is 20.0 Å². The summed E-state index contributed by atoms with van der Waals surface area (Å²) in [7, 11) is 0. The van der Waals surface area contributed by atoms with Crippen LogP contribution in [0.15, 0.2) is 72.5 Å². The van der Waals surface area contributed by atoms with Crippen molar-refractivity contribution in [3.63, 3.8) is 0 Å². The summed E-state index contributed by atoms with van der Waals surface area (Å²) in [6.45, 7) is 2.73. The standard InChI is InChI=1S/C17H18O/c1-15(12-16-8-4-2-5-9-16)13-18-14-17-10-6-3-7-11-17/h2-11,13H,12,14H2,1H3/b15-13-. The molecule has 2 aromatic carbocycles. The van der Waals surface area contributed by atoms with Crippen molar-refractivity contribution in [2.75, 3.05) is 0 Å². The van der Waals surface area contributed by atoms with Gasteiger partial charge in [0.1, 0.15) is 6.61 Å². The summed E-state index contributed by atoms with van der Waals surface area (Å²) in [4.78, 5) is 0. The zero-order valence-corrected chi connectivity index (χ0v) is 10.7. The molecular formula is C17H18O. The van der Waals surface area contributed by atoms with Crippen molar-refractivity contribution < 1.29 is 4.74 Å². The van der Waals surface area contributed by atoms with Gasteiger partial charge >= 0.3 is 0 Å².